The van der Waals surface area contributed by atoms with Crippen LogP contribution in [0.5, 0.6) is 6.01 Å². The molecule has 44 heavy (non-hydrogen) atoms. The number of hydrogen-bond acceptors (Lipinski definition) is 8. The number of carbonyl (C=O) groups excluding carboxylic acids is 1. The summed E-state index contributed by atoms with van der Waals surface area (Å²) in [6.45, 7) is 7.52. The molecule has 9 nitrogen and oxygen atoms in total. The summed E-state index contributed by atoms with van der Waals surface area (Å²) in [5.41, 5.74) is 3.93. The van der Waals surface area contributed by atoms with Crippen molar-refractivity contribution in [2.24, 2.45) is 0 Å². The summed E-state index contributed by atoms with van der Waals surface area (Å²) in [7, 11) is 0. The zero-order valence-corrected chi connectivity index (χ0v) is 25.1. The summed E-state index contributed by atoms with van der Waals surface area (Å²) in [4.78, 5) is 33.2. The van der Waals surface area contributed by atoms with Crippen molar-refractivity contribution in [3.63, 3.8) is 0 Å². The minimum atomic E-state index is -0.421. The van der Waals surface area contributed by atoms with Gasteiger partial charge >= 0.3 is 6.01 Å². The molecule has 1 amide bonds. The molecule has 0 N–H and O–H groups in total. The highest BCUT2D eigenvalue weighted by Gasteiger charge is 2.45. The molecule has 0 unspecified atom stereocenters. The number of ether oxygens (including phenoxy) is 1. The number of benzene rings is 1. The highest BCUT2D eigenvalue weighted by Crippen LogP contribution is 2.40. The molecule has 3 fully saturated rings. The number of nitrogens with zero attached hydrogens (tertiary/aromatic N) is 7. The average molecular weight is 596 g/mol. The van der Waals surface area contributed by atoms with Gasteiger partial charge in [-0.25, -0.2) is 9.37 Å². The van der Waals surface area contributed by atoms with Gasteiger partial charge in [-0.15, -0.1) is 0 Å². The maximum Gasteiger partial charge on any atom is 0.320 e. The summed E-state index contributed by atoms with van der Waals surface area (Å²) in [6.07, 6.45) is 10.1. The van der Waals surface area contributed by atoms with E-state index in [1.807, 2.05) is 17.0 Å². The first-order chi connectivity index (χ1) is 21.5. The Balaban J connectivity index is 1.30. The first kappa shape index (κ1) is 28.7. The van der Waals surface area contributed by atoms with E-state index in [9.17, 15) is 10.1 Å². The fourth-order valence-electron chi connectivity index (χ4n) is 7.89. The molecule has 5 heterocycles. The highest BCUT2D eigenvalue weighted by atomic mass is 19.1. The van der Waals surface area contributed by atoms with Gasteiger partial charge in [0, 0.05) is 25.2 Å². The van der Waals surface area contributed by atoms with Gasteiger partial charge in [-0.3, -0.25) is 9.69 Å². The van der Waals surface area contributed by atoms with Crippen molar-refractivity contribution in [1.29, 1.82) is 5.26 Å². The Morgan fingerprint density at radius 3 is 2.73 bits per heavy atom. The van der Waals surface area contributed by atoms with Crippen LogP contribution in [0.1, 0.15) is 56.1 Å². The van der Waals surface area contributed by atoms with Crippen molar-refractivity contribution in [2.45, 2.75) is 69.4 Å². The number of amides is 1. The summed E-state index contributed by atoms with van der Waals surface area (Å²) in [5.74, 6) is -0.115. The zero-order valence-electron chi connectivity index (χ0n) is 25.1. The Hall–Kier alpha value is -4.10. The van der Waals surface area contributed by atoms with Gasteiger partial charge in [-0.1, -0.05) is 24.8 Å². The van der Waals surface area contributed by atoms with Gasteiger partial charge in [0.1, 0.15) is 23.9 Å². The number of fused-ring (bicyclic) bond motifs is 3. The van der Waals surface area contributed by atoms with Crippen LogP contribution < -0.4 is 9.64 Å². The molecule has 0 radical (unpaired) electrons. The van der Waals surface area contributed by atoms with Crippen LogP contribution in [-0.2, 0) is 17.6 Å². The second-order valence-electron chi connectivity index (χ2n) is 12.6. The van der Waals surface area contributed by atoms with Crippen molar-refractivity contribution < 1.29 is 13.9 Å². The van der Waals surface area contributed by atoms with E-state index in [0.717, 1.165) is 70.0 Å². The number of aryl methyl sites for hydroxylation is 1. The first-order valence-electron chi connectivity index (χ1n) is 15.9. The molecule has 2 aromatic heterocycles. The van der Waals surface area contributed by atoms with Gasteiger partial charge in [0.15, 0.2) is 5.65 Å². The maximum absolute atomic E-state index is 16.1. The minimum absolute atomic E-state index is 0.0114. The number of anilines is 1. The Bertz CT molecular complexity index is 1640. The van der Waals surface area contributed by atoms with Crippen LogP contribution in [-0.4, -0.2) is 81.6 Å². The molecule has 1 aliphatic carbocycles. The normalized spacial score (nSPS) is 21.1. The van der Waals surface area contributed by atoms with E-state index < -0.39 is 5.82 Å². The number of carbonyl (C=O) groups is 1. The Morgan fingerprint density at radius 2 is 1.93 bits per heavy atom. The third-order valence-electron chi connectivity index (χ3n) is 10.1. The Morgan fingerprint density at radius 1 is 1.11 bits per heavy atom. The molecular formula is C34H38FN7O2. The van der Waals surface area contributed by atoms with Crippen molar-refractivity contribution in [2.75, 3.05) is 44.2 Å². The summed E-state index contributed by atoms with van der Waals surface area (Å²) in [5, 5.41) is 10.0. The number of halogens is 1. The molecule has 3 aliphatic heterocycles. The monoisotopic (exact) mass is 595 g/mol. The molecule has 10 heteroatoms. The SMILES string of the molecule is C=CC(=O)N1CCN(c2nc(OCC34CCCN3CCC4)nc3nc(-c4cccc5c4CCCC5)c(F)cc23)C[C@@H]1CC#N. The number of aromatic nitrogens is 3. The van der Waals surface area contributed by atoms with Crippen LogP contribution in [0.4, 0.5) is 10.2 Å². The molecule has 0 saturated carbocycles. The van der Waals surface area contributed by atoms with E-state index in [-0.39, 0.29) is 29.9 Å². The lowest BCUT2D eigenvalue weighted by Crippen LogP contribution is -2.55. The molecule has 228 valence electrons. The van der Waals surface area contributed by atoms with Crippen molar-refractivity contribution in [3.05, 3.63) is 53.9 Å². The summed E-state index contributed by atoms with van der Waals surface area (Å²) >= 11 is 0. The molecule has 0 spiro atoms. The van der Waals surface area contributed by atoms with E-state index in [1.165, 1.54) is 23.3 Å². The molecule has 3 aromatic rings. The minimum Gasteiger partial charge on any atom is -0.461 e. The predicted octanol–water partition coefficient (Wildman–Crippen LogP) is 4.83. The quantitative estimate of drug-likeness (QED) is 0.358. The van der Waals surface area contributed by atoms with E-state index in [2.05, 4.69) is 23.6 Å². The number of rotatable bonds is 7. The molecule has 1 atom stereocenters. The third kappa shape index (κ3) is 5.07. The fraction of sp³-hybridized carbons (Fsp3) is 0.500. The van der Waals surface area contributed by atoms with E-state index in [4.69, 9.17) is 19.7 Å². The lowest BCUT2D eigenvalue weighted by molar-refractivity contribution is -0.128. The van der Waals surface area contributed by atoms with Crippen molar-refractivity contribution >= 4 is 22.8 Å². The van der Waals surface area contributed by atoms with Crippen LogP contribution in [0.15, 0.2) is 36.9 Å². The summed E-state index contributed by atoms with van der Waals surface area (Å²) in [6, 6.07) is 9.64. The van der Waals surface area contributed by atoms with E-state index in [0.29, 0.717) is 48.8 Å². The van der Waals surface area contributed by atoms with Crippen LogP contribution in [0, 0.1) is 17.1 Å². The number of pyridine rings is 1. The zero-order chi connectivity index (χ0) is 30.3. The molecule has 1 aromatic carbocycles. The number of hydrogen-bond donors (Lipinski definition) is 0. The Kier molecular flexibility index (Phi) is 7.67. The highest BCUT2D eigenvalue weighted by molar-refractivity contribution is 5.90. The topological polar surface area (TPSA) is 98.5 Å². The predicted molar refractivity (Wildman–Crippen MR) is 166 cm³/mol. The lowest BCUT2D eigenvalue weighted by Gasteiger charge is -2.41. The number of nitriles is 1. The van der Waals surface area contributed by atoms with Gasteiger partial charge in [-0.05, 0) is 87.7 Å². The van der Waals surface area contributed by atoms with Crippen molar-refractivity contribution in [1.82, 2.24) is 24.8 Å². The van der Waals surface area contributed by atoms with Crippen LogP contribution in [0.3, 0.4) is 0 Å². The molecule has 7 rings (SSSR count). The Labute approximate surface area is 257 Å². The second kappa shape index (κ2) is 11.8. The largest absolute Gasteiger partial charge is 0.461 e. The average Bonchev–Trinajstić information content (AvgIpc) is 3.64. The molecular weight excluding hydrogens is 557 g/mol. The van der Waals surface area contributed by atoms with Gasteiger partial charge in [0.25, 0.3) is 0 Å². The van der Waals surface area contributed by atoms with E-state index >= 15 is 4.39 Å². The second-order valence-corrected chi connectivity index (χ2v) is 12.6. The lowest BCUT2D eigenvalue weighted by atomic mass is 9.87. The first-order valence-corrected chi connectivity index (χ1v) is 15.9. The van der Waals surface area contributed by atoms with Crippen LogP contribution in [0.2, 0.25) is 0 Å². The summed E-state index contributed by atoms with van der Waals surface area (Å²) < 4.78 is 22.4. The smallest absolute Gasteiger partial charge is 0.320 e. The van der Waals surface area contributed by atoms with Gasteiger partial charge in [0.05, 0.1) is 29.5 Å². The van der Waals surface area contributed by atoms with Gasteiger partial charge in [-0.2, -0.15) is 15.2 Å². The molecule has 4 aliphatic rings. The van der Waals surface area contributed by atoms with E-state index in [1.54, 1.807) is 4.90 Å². The molecule has 3 saturated heterocycles. The van der Waals surface area contributed by atoms with Crippen LogP contribution in [0.25, 0.3) is 22.3 Å². The van der Waals surface area contributed by atoms with Gasteiger partial charge in [0.2, 0.25) is 5.91 Å². The standard InChI is InChI=1S/C34H38FN7O2/c1-2-29(43)42-19-18-40(21-24(42)12-15-36)32-27-20-28(35)30(26-11-5-9-23-8-3-4-10-25(23)26)37-31(27)38-33(39-32)44-22-34-13-6-16-41(34)17-7-14-34/h2,5,9,11,20,24H,1,3-4,6-8,10,12-14,16-19,21-22H2/t24-/m0/s1. The van der Waals surface area contributed by atoms with Crippen LogP contribution >= 0.6 is 0 Å². The molecule has 0 bridgehead atoms. The maximum atomic E-state index is 16.1. The third-order valence-corrected chi connectivity index (χ3v) is 10.1. The fourth-order valence-corrected chi connectivity index (χ4v) is 7.89. The van der Waals surface area contributed by atoms with Crippen molar-refractivity contribution in [3.8, 4) is 23.3 Å². The number of piperazine rings is 1. The van der Waals surface area contributed by atoms with Gasteiger partial charge < -0.3 is 14.5 Å².